The molecule has 0 saturated heterocycles. The summed E-state index contributed by atoms with van der Waals surface area (Å²) < 4.78 is 4.89. The second kappa shape index (κ2) is 6.30. The van der Waals surface area contributed by atoms with Crippen LogP contribution in [0.15, 0.2) is 36.7 Å². The van der Waals surface area contributed by atoms with Crippen molar-refractivity contribution in [2.45, 2.75) is 6.54 Å². The number of rotatable bonds is 6. The lowest BCUT2D eigenvalue weighted by Gasteiger charge is -2.08. The molecular weight excluding hydrogens is 216 g/mol. The van der Waals surface area contributed by atoms with Crippen molar-refractivity contribution < 1.29 is 9.57 Å². The highest BCUT2D eigenvalue weighted by atomic mass is 16.7. The molecular formula is C13H16N2O2. The van der Waals surface area contributed by atoms with E-state index in [1.165, 1.54) is 10.9 Å². The van der Waals surface area contributed by atoms with Crippen LogP contribution in [0, 0.1) is 0 Å². The van der Waals surface area contributed by atoms with Crippen LogP contribution in [0.1, 0.15) is 5.56 Å². The van der Waals surface area contributed by atoms with Gasteiger partial charge < -0.3 is 4.74 Å². The monoisotopic (exact) mass is 232 g/mol. The first-order valence-electron chi connectivity index (χ1n) is 5.57. The van der Waals surface area contributed by atoms with Gasteiger partial charge in [0.15, 0.2) is 0 Å². The standard InChI is InChI=1S/C13H16N2O2/c1-16-7-8-17-15-10-12-4-2-3-11-9-14-6-5-13(11)12/h2-6,9,15H,7-8,10H2,1H3. The number of benzene rings is 1. The average Bonchev–Trinajstić information content (AvgIpc) is 2.39. The van der Waals surface area contributed by atoms with Crippen molar-refractivity contribution in [1.82, 2.24) is 10.5 Å². The van der Waals surface area contributed by atoms with Crippen LogP contribution in [0.3, 0.4) is 0 Å². The van der Waals surface area contributed by atoms with Gasteiger partial charge in [0.05, 0.1) is 13.2 Å². The Labute approximate surface area is 101 Å². The Hall–Kier alpha value is -1.49. The van der Waals surface area contributed by atoms with E-state index in [1.807, 2.05) is 18.3 Å². The number of nitrogens with one attached hydrogen (secondary N) is 1. The minimum absolute atomic E-state index is 0.544. The lowest BCUT2D eigenvalue weighted by molar-refractivity contribution is 0.00363. The first-order chi connectivity index (χ1) is 8.42. The molecule has 0 atom stereocenters. The minimum Gasteiger partial charge on any atom is -0.382 e. The highest BCUT2D eigenvalue weighted by Crippen LogP contribution is 2.16. The van der Waals surface area contributed by atoms with Crippen LogP contribution >= 0.6 is 0 Å². The van der Waals surface area contributed by atoms with Gasteiger partial charge in [0.1, 0.15) is 0 Å². The highest BCUT2D eigenvalue weighted by Gasteiger charge is 1.99. The number of aromatic nitrogens is 1. The highest BCUT2D eigenvalue weighted by molar-refractivity contribution is 5.84. The fraction of sp³-hybridized carbons (Fsp3) is 0.308. The largest absolute Gasteiger partial charge is 0.382 e. The van der Waals surface area contributed by atoms with E-state index in [9.17, 15) is 0 Å². The Morgan fingerprint density at radius 3 is 3.06 bits per heavy atom. The predicted octanol–water partition coefficient (Wildman–Crippen LogP) is 1.90. The zero-order valence-corrected chi connectivity index (χ0v) is 9.85. The molecule has 0 fully saturated rings. The number of ether oxygens (including phenoxy) is 1. The predicted molar refractivity (Wildman–Crippen MR) is 66.4 cm³/mol. The zero-order valence-electron chi connectivity index (χ0n) is 9.85. The van der Waals surface area contributed by atoms with E-state index in [1.54, 1.807) is 13.3 Å². The molecule has 4 nitrogen and oxygen atoms in total. The SMILES string of the molecule is COCCONCc1cccc2cnccc12. The fourth-order valence-electron chi connectivity index (χ4n) is 1.67. The molecule has 0 bridgehead atoms. The molecule has 0 amide bonds. The van der Waals surface area contributed by atoms with Crippen LogP contribution in [0.25, 0.3) is 10.8 Å². The average molecular weight is 232 g/mol. The van der Waals surface area contributed by atoms with Crippen molar-refractivity contribution in [3.63, 3.8) is 0 Å². The van der Waals surface area contributed by atoms with Gasteiger partial charge >= 0.3 is 0 Å². The number of hydroxylamine groups is 1. The quantitative estimate of drug-likeness (QED) is 0.610. The van der Waals surface area contributed by atoms with Gasteiger partial charge in [-0.2, -0.15) is 5.48 Å². The van der Waals surface area contributed by atoms with Crippen molar-refractivity contribution in [3.05, 3.63) is 42.2 Å². The second-order valence-corrected chi connectivity index (χ2v) is 3.68. The number of methoxy groups -OCH3 is 1. The molecule has 1 heterocycles. The number of pyridine rings is 1. The van der Waals surface area contributed by atoms with Crippen molar-refractivity contribution in [2.75, 3.05) is 20.3 Å². The maximum atomic E-state index is 5.24. The number of nitrogens with zero attached hydrogens (tertiary/aromatic N) is 1. The van der Waals surface area contributed by atoms with Gasteiger partial charge in [0.25, 0.3) is 0 Å². The molecule has 0 unspecified atom stereocenters. The van der Waals surface area contributed by atoms with Gasteiger partial charge in [-0.1, -0.05) is 18.2 Å². The number of hydrogen-bond donors (Lipinski definition) is 1. The summed E-state index contributed by atoms with van der Waals surface area (Å²) in [6.45, 7) is 1.81. The van der Waals surface area contributed by atoms with E-state index in [2.05, 4.69) is 22.6 Å². The summed E-state index contributed by atoms with van der Waals surface area (Å²) in [5.74, 6) is 0. The summed E-state index contributed by atoms with van der Waals surface area (Å²) in [6, 6.07) is 8.17. The molecule has 0 saturated carbocycles. The van der Waals surface area contributed by atoms with Crippen LogP contribution in [0.5, 0.6) is 0 Å². The maximum Gasteiger partial charge on any atom is 0.0916 e. The van der Waals surface area contributed by atoms with E-state index in [4.69, 9.17) is 9.57 Å². The minimum atomic E-state index is 0.544. The molecule has 0 radical (unpaired) electrons. The Bertz CT molecular complexity index is 468. The topological polar surface area (TPSA) is 43.4 Å². The van der Waals surface area contributed by atoms with E-state index in [0.29, 0.717) is 19.8 Å². The van der Waals surface area contributed by atoms with Crippen molar-refractivity contribution >= 4 is 10.8 Å². The van der Waals surface area contributed by atoms with Crippen molar-refractivity contribution in [1.29, 1.82) is 0 Å². The van der Waals surface area contributed by atoms with Crippen LogP contribution in [-0.2, 0) is 16.1 Å². The lowest BCUT2D eigenvalue weighted by Crippen LogP contribution is -2.17. The first kappa shape index (κ1) is 12.0. The Morgan fingerprint density at radius 1 is 1.24 bits per heavy atom. The molecule has 0 spiro atoms. The molecule has 90 valence electrons. The van der Waals surface area contributed by atoms with Gasteiger partial charge in [0.2, 0.25) is 0 Å². The molecule has 0 aliphatic rings. The summed E-state index contributed by atoms with van der Waals surface area (Å²) in [5.41, 5.74) is 4.12. The smallest absolute Gasteiger partial charge is 0.0916 e. The molecule has 0 aliphatic heterocycles. The van der Waals surface area contributed by atoms with E-state index in [-0.39, 0.29) is 0 Å². The van der Waals surface area contributed by atoms with Crippen molar-refractivity contribution in [2.24, 2.45) is 0 Å². The van der Waals surface area contributed by atoms with E-state index < -0.39 is 0 Å². The molecule has 2 aromatic rings. The summed E-state index contributed by atoms with van der Waals surface area (Å²) in [7, 11) is 1.65. The van der Waals surface area contributed by atoms with Crippen LogP contribution < -0.4 is 5.48 Å². The summed E-state index contributed by atoms with van der Waals surface area (Å²) in [4.78, 5) is 9.34. The third-order valence-corrected chi connectivity index (χ3v) is 2.53. The summed E-state index contributed by atoms with van der Waals surface area (Å²) in [6.07, 6.45) is 3.67. The number of fused-ring (bicyclic) bond motifs is 1. The van der Waals surface area contributed by atoms with Gasteiger partial charge in [-0.25, -0.2) is 0 Å². The fourth-order valence-corrected chi connectivity index (χ4v) is 1.67. The van der Waals surface area contributed by atoms with Crippen LogP contribution in [0.2, 0.25) is 0 Å². The molecule has 0 aliphatic carbocycles. The summed E-state index contributed by atoms with van der Waals surface area (Å²) >= 11 is 0. The lowest BCUT2D eigenvalue weighted by atomic mass is 10.1. The Balaban J connectivity index is 1.98. The zero-order chi connectivity index (χ0) is 11.9. The van der Waals surface area contributed by atoms with Crippen LogP contribution in [-0.4, -0.2) is 25.3 Å². The summed E-state index contributed by atoms with van der Waals surface area (Å²) in [5, 5.41) is 2.34. The number of hydrogen-bond acceptors (Lipinski definition) is 4. The third kappa shape index (κ3) is 3.23. The van der Waals surface area contributed by atoms with E-state index >= 15 is 0 Å². The first-order valence-corrected chi connectivity index (χ1v) is 5.57. The Kier molecular flexibility index (Phi) is 4.44. The maximum absolute atomic E-state index is 5.24. The van der Waals surface area contributed by atoms with Crippen molar-refractivity contribution in [3.8, 4) is 0 Å². The Morgan fingerprint density at radius 2 is 2.18 bits per heavy atom. The molecule has 1 N–H and O–H groups in total. The molecule has 2 rings (SSSR count). The molecule has 4 heteroatoms. The molecule has 17 heavy (non-hydrogen) atoms. The van der Waals surface area contributed by atoms with E-state index in [0.717, 1.165) is 5.39 Å². The second-order valence-electron chi connectivity index (χ2n) is 3.68. The van der Waals surface area contributed by atoms with Gasteiger partial charge in [-0.3, -0.25) is 9.82 Å². The normalized spacial score (nSPS) is 10.9. The molecule has 1 aromatic heterocycles. The van der Waals surface area contributed by atoms with Gasteiger partial charge in [-0.15, -0.1) is 0 Å². The van der Waals surface area contributed by atoms with Gasteiger partial charge in [-0.05, 0) is 17.0 Å². The third-order valence-electron chi connectivity index (χ3n) is 2.53. The van der Waals surface area contributed by atoms with Gasteiger partial charge in [0, 0.05) is 31.4 Å². The molecule has 1 aromatic carbocycles. The van der Waals surface area contributed by atoms with Crippen LogP contribution in [0.4, 0.5) is 0 Å².